The third-order valence-electron chi connectivity index (χ3n) is 3.25. The number of halogens is 1. The van der Waals surface area contributed by atoms with Crippen molar-refractivity contribution in [2.24, 2.45) is 0 Å². The van der Waals surface area contributed by atoms with Crippen LogP contribution in [0.3, 0.4) is 0 Å². The summed E-state index contributed by atoms with van der Waals surface area (Å²) in [6.07, 6.45) is 4.03. The van der Waals surface area contributed by atoms with E-state index in [0.717, 1.165) is 0 Å². The number of benzene rings is 2. The van der Waals surface area contributed by atoms with Crippen LogP contribution < -0.4 is 10.7 Å². The summed E-state index contributed by atoms with van der Waals surface area (Å²) in [5, 5.41) is 3.56. The van der Waals surface area contributed by atoms with Gasteiger partial charge in [-0.3, -0.25) is 9.59 Å². The molecule has 5 heteroatoms. The molecule has 0 aliphatic rings. The van der Waals surface area contributed by atoms with Crippen molar-refractivity contribution in [3.8, 4) is 0 Å². The number of rotatable bonds is 3. The van der Waals surface area contributed by atoms with E-state index in [0.29, 0.717) is 27.2 Å². The number of carbonyl (C=O) groups excluding carboxylic acids is 1. The van der Waals surface area contributed by atoms with Crippen LogP contribution in [0.5, 0.6) is 0 Å². The van der Waals surface area contributed by atoms with Crippen molar-refractivity contribution < 1.29 is 9.21 Å². The molecule has 4 nitrogen and oxygen atoms in total. The molecule has 0 fully saturated rings. The lowest BCUT2D eigenvalue weighted by Crippen LogP contribution is -2.09. The first-order valence-corrected chi connectivity index (χ1v) is 7.27. The van der Waals surface area contributed by atoms with E-state index >= 15 is 0 Å². The number of hydrogen-bond acceptors (Lipinski definition) is 3. The van der Waals surface area contributed by atoms with Crippen LogP contribution >= 0.6 is 11.6 Å². The zero-order chi connectivity index (χ0) is 16.2. The molecule has 0 atom stereocenters. The second-order valence-corrected chi connectivity index (χ2v) is 5.23. The highest BCUT2D eigenvalue weighted by Crippen LogP contribution is 2.20. The SMILES string of the molecule is O=C(/C=C/c1coc2ccccc2c1=O)Nc1ccccc1Cl. The van der Waals surface area contributed by atoms with Gasteiger partial charge in [-0.15, -0.1) is 0 Å². The highest BCUT2D eigenvalue weighted by molar-refractivity contribution is 6.33. The Morgan fingerprint density at radius 2 is 1.83 bits per heavy atom. The molecule has 0 saturated carbocycles. The maximum absolute atomic E-state index is 12.3. The van der Waals surface area contributed by atoms with E-state index in [1.165, 1.54) is 18.4 Å². The van der Waals surface area contributed by atoms with Crippen molar-refractivity contribution in [2.75, 3.05) is 5.32 Å². The largest absolute Gasteiger partial charge is 0.463 e. The van der Waals surface area contributed by atoms with Crippen LogP contribution in [0, 0.1) is 0 Å². The summed E-state index contributed by atoms with van der Waals surface area (Å²) in [5.41, 5.74) is 1.14. The van der Waals surface area contributed by atoms with E-state index in [4.69, 9.17) is 16.0 Å². The van der Waals surface area contributed by atoms with Gasteiger partial charge in [-0.2, -0.15) is 0 Å². The summed E-state index contributed by atoms with van der Waals surface area (Å²) in [6, 6.07) is 13.9. The van der Waals surface area contributed by atoms with Crippen LogP contribution in [0.4, 0.5) is 5.69 Å². The normalized spacial score (nSPS) is 11.0. The molecule has 0 radical (unpaired) electrons. The maximum Gasteiger partial charge on any atom is 0.248 e. The number of amides is 1. The fourth-order valence-electron chi connectivity index (χ4n) is 2.11. The molecule has 3 rings (SSSR count). The Morgan fingerprint density at radius 3 is 2.65 bits per heavy atom. The van der Waals surface area contributed by atoms with E-state index in [9.17, 15) is 9.59 Å². The van der Waals surface area contributed by atoms with Crippen molar-refractivity contribution in [3.63, 3.8) is 0 Å². The number of anilines is 1. The number of para-hydroxylation sites is 2. The molecule has 0 unspecified atom stereocenters. The molecule has 1 aromatic heterocycles. The number of carbonyl (C=O) groups is 1. The zero-order valence-electron chi connectivity index (χ0n) is 12.0. The molecule has 2 aromatic carbocycles. The lowest BCUT2D eigenvalue weighted by molar-refractivity contribution is -0.111. The van der Waals surface area contributed by atoms with Crippen LogP contribution in [0.2, 0.25) is 5.02 Å². The van der Waals surface area contributed by atoms with Gasteiger partial charge in [0, 0.05) is 6.08 Å². The monoisotopic (exact) mass is 325 g/mol. The smallest absolute Gasteiger partial charge is 0.248 e. The average molecular weight is 326 g/mol. The topological polar surface area (TPSA) is 59.3 Å². The predicted octanol–water partition coefficient (Wildman–Crippen LogP) is 4.10. The standard InChI is InChI=1S/C18H12ClNO3/c19-14-6-2-3-7-15(14)20-17(21)10-9-12-11-23-16-8-4-1-5-13(16)18(12)22/h1-11H,(H,20,21)/b10-9+. The van der Waals surface area contributed by atoms with Crippen molar-refractivity contribution in [1.29, 1.82) is 0 Å². The van der Waals surface area contributed by atoms with Gasteiger partial charge in [-0.05, 0) is 30.3 Å². The van der Waals surface area contributed by atoms with Gasteiger partial charge in [0.2, 0.25) is 5.91 Å². The van der Waals surface area contributed by atoms with E-state index in [-0.39, 0.29) is 11.3 Å². The lowest BCUT2D eigenvalue weighted by atomic mass is 10.1. The Morgan fingerprint density at radius 1 is 1.09 bits per heavy atom. The van der Waals surface area contributed by atoms with E-state index < -0.39 is 0 Å². The van der Waals surface area contributed by atoms with E-state index in [1.54, 1.807) is 48.5 Å². The molecule has 1 heterocycles. The van der Waals surface area contributed by atoms with Crippen LogP contribution in [-0.4, -0.2) is 5.91 Å². The number of hydrogen-bond donors (Lipinski definition) is 1. The van der Waals surface area contributed by atoms with Gasteiger partial charge in [-0.25, -0.2) is 0 Å². The fraction of sp³-hybridized carbons (Fsp3) is 0. The molecule has 1 amide bonds. The van der Waals surface area contributed by atoms with Crippen molar-refractivity contribution in [3.05, 3.63) is 81.7 Å². The summed E-state index contributed by atoms with van der Waals surface area (Å²) in [7, 11) is 0. The van der Waals surface area contributed by atoms with E-state index in [1.807, 2.05) is 0 Å². The second-order valence-electron chi connectivity index (χ2n) is 4.82. The summed E-state index contributed by atoms with van der Waals surface area (Å²) in [6.45, 7) is 0. The lowest BCUT2D eigenvalue weighted by Gasteiger charge is -2.03. The van der Waals surface area contributed by atoms with Crippen molar-refractivity contribution in [2.45, 2.75) is 0 Å². The van der Waals surface area contributed by atoms with Gasteiger partial charge < -0.3 is 9.73 Å². The molecule has 114 valence electrons. The molecule has 0 spiro atoms. The molecule has 0 aliphatic carbocycles. The van der Waals surface area contributed by atoms with Gasteiger partial charge in [0.25, 0.3) is 0 Å². The van der Waals surface area contributed by atoms with Crippen LogP contribution in [0.15, 0.2) is 70.1 Å². The first kappa shape index (κ1) is 15.1. The molecule has 0 saturated heterocycles. The molecule has 23 heavy (non-hydrogen) atoms. The highest BCUT2D eigenvalue weighted by atomic mass is 35.5. The van der Waals surface area contributed by atoms with Crippen LogP contribution in [0.25, 0.3) is 17.0 Å². The highest BCUT2D eigenvalue weighted by Gasteiger charge is 2.05. The Bertz CT molecular complexity index is 960. The minimum Gasteiger partial charge on any atom is -0.463 e. The molecular weight excluding hydrogens is 314 g/mol. The first-order chi connectivity index (χ1) is 11.1. The Kier molecular flexibility index (Phi) is 4.26. The van der Waals surface area contributed by atoms with Gasteiger partial charge in [0.1, 0.15) is 11.8 Å². The third-order valence-corrected chi connectivity index (χ3v) is 3.58. The molecular formula is C18H12ClNO3. The first-order valence-electron chi connectivity index (χ1n) is 6.89. The minimum atomic E-state index is -0.384. The summed E-state index contributed by atoms with van der Waals surface area (Å²) >= 11 is 5.97. The van der Waals surface area contributed by atoms with Crippen molar-refractivity contribution in [1.82, 2.24) is 0 Å². The van der Waals surface area contributed by atoms with Gasteiger partial charge in [-0.1, -0.05) is 35.9 Å². The molecule has 3 aromatic rings. The molecule has 0 aliphatic heterocycles. The van der Waals surface area contributed by atoms with Gasteiger partial charge >= 0.3 is 0 Å². The number of nitrogens with one attached hydrogen (secondary N) is 1. The fourth-order valence-corrected chi connectivity index (χ4v) is 2.29. The number of fused-ring (bicyclic) bond motifs is 1. The predicted molar refractivity (Wildman–Crippen MR) is 91.6 cm³/mol. The van der Waals surface area contributed by atoms with E-state index in [2.05, 4.69) is 5.32 Å². The molecule has 1 N–H and O–H groups in total. The van der Waals surface area contributed by atoms with Gasteiger partial charge in [0.15, 0.2) is 5.43 Å². The van der Waals surface area contributed by atoms with Crippen molar-refractivity contribution >= 4 is 40.2 Å². The molecule has 0 bridgehead atoms. The minimum absolute atomic E-state index is 0.186. The zero-order valence-corrected chi connectivity index (χ0v) is 12.7. The third kappa shape index (κ3) is 3.33. The Hall–Kier alpha value is -2.85. The summed E-state index contributed by atoms with van der Waals surface area (Å²) in [4.78, 5) is 24.2. The Balaban J connectivity index is 1.83. The van der Waals surface area contributed by atoms with Crippen LogP contribution in [0.1, 0.15) is 5.56 Å². The quantitative estimate of drug-likeness (QED) is 0.737. The van der Waals surface area contributed by atoms with Crippen LogP contribution in [-0.2, 0) is 4.79 Å². The average Bonchev–Trinajstić information content (AvgIpc) is 2.57. The maximum atomic E-state index is 12.3. The summed E-state index contributed by atoms with van der Waals surface area (Å²) in [5.74, 6) is -0.384. The Labute approximate surface area is 137 Å². The van der Waals surface area contributed by atoms with Gasteiger partial charge in [0.05, 0.1) is 21.7 Å². The summed E-state index contributed by atoms with van der Waals surface area (Å²) < 4.78 is 5.39. The second kappa shape index (κ2) is 6.50.